The Kier molecular flexibility index (Phi) is 33.2. The molecule has 0 aliphatic carbocycles. The Labute approximate surface area is 374 Å². The van der Waals surface area contributed by atoms with Crippen LogP contribution in [-0.2, 0) is 38.5 Å². The highest BCUT2D eigenvalue weighted by atomic mass is 15.1. The van der Waals surface area contributed by atoms with E-state index in [-0.39, 0.29) is 0 Å². The van der Waals surface area contributed by atoms with Crippen molar-refractivity contribution in [1.82, 2.24) is 0 Å². The highest BCUT2D eigenvalue weighted by Crippen LogP contribution is 2.30. The van der Waals surface area contributed by atoms with Gasteiger partial charge in [0.15, 0.2) is 0 Å². The molecule has 0 saturated carbocycles. The molecule has 0 bridgehead atoms. The number of unbranched alkanes of at least 4 members (excludes halogenated alkanes) is 21. The third kappa shape index (κ3) is 24.2. The van der Waals surface area contributed by atoms with Gasteiger partial charge in [0.05, 0.1) is 11.4 Å². The minimum Gasteiger partial charge on any atom is -0.155 e. The molecular weight excluding hydrogens is 725 g/mol. The summed E-state index contributed by atoms with van der Waals surface area (Å²) < 4.78 is 0. The maximum absolute atomic E-state index is 5.03. The molecule has 0 aliphatic rings. The molecule has 340 valence electrons. The second-order valence-corrected chi connectivity index (χ2v) is 18.4. The summed E-state index contributed by atoms with van der Waals surface area (Å²) in [7, 11) is 0. The lowest BCUT2D eigenvalue weighted by atomic mass is 9.90. The van der Waals surface area contributed by atoms with Gasteiger partial charge in [0.25, 0.3) is 0 Å². The van der Waals surface area contributed by atoms with E-state index in [1.807, 2.05) is 0 Å². The maximum Gasteiger partial charge on any atom is 0.0862 e. The van der Waals surface area contributed by atoms with E-state index in [9.17, 15) is 0 Å². The second-order valence-electron chi connectivity index (χ2n) is 18.4. The summed E-state index contributed by atoms with van der Waals surface area (Å²) in [6.07, 6.45) is 52.5. The van der Waals surface area contributed by atoms with Crippen molar-refractivity contribution < 1.29 is 0 Å². The van der Waals surface area contributed by atoms with Gasteiger partial charge in [0.1, 0.15) is 0 Å². The Morgan fingerprint density at radius 1 is 0.383 bits per heavy atom. The first-order chi connectivity index (χ1) is 29.5. The molecular formula is C58H98N2. The van der Waals surface area contributed by atoms with Gasteiger partial charge >= 0.3 is 0 Å². The summed E-state index contributed by atoms with van der Waals surface area (Å²) in [4.78, 5) is 0. The molecule has 0 aliphatic heterocycles. The molecule has 0 fully saturated rings. The minimum absolute atomic E-state index is 0.881. The Morgan fingerprint density at radius 3 is 1.35 bits per heavy atom. The molecule has 0 spiro atoms. The van der Waals surface area contributed by atoms with E-state index in [0.717, 1.165) is 43.5 Å². The van der Waals surface area contributed by atoms with Crippen LogP contribution in [0.2, 0.25) is 0 Å². The minimum atomic E-state index is 0.881. The quantitative estimate of drug-likeness (QED) is 0.0365. The van der Waals surface area contributed by atoms with Crippen LogP contribution >= 0.6 is 0 Å². The monoisotopic (exact) mass is 823 g/mol. The van der Waals surface area contributed by atoms with Crippen LogP contribution in [0, 0.1) is 0 Å². The number of azo groups is 1. The standard InChI is InChI=1S/C58H98N2/c1-8-15-21-23-25-27-28-29-30-31-32-34-35-37-42-51-45-52(43-38-36-33-26-24-22-16-9-2)55(46-50(51)39-17-10-3)49-56(14-7)59-60-57-47-53(40-18-11-4)58(44-20-13-6)54(48-57)41-19-12-5/h33,36,45-49H,8-32,34-35,37-44H2,1-7H3. The van der Waals surface area contributed by atoms with Crippen LogP contribution in [0.5, 0.6) is 0 Å². The van der Waals surface area contributed by atoms with Gasteiger partial charge in [-0.25, -0.2) is 0 Å². The number of aryl methyl sites for hydroxylation is 5. The van der Waals surface area contributed by atoms with Gasteiger partial charge in [0, 0.05) is 0 Å². The van der Waals surface area contributed by atoms with Gasteiger partial charge in [0.2, 0.25) is 0 Å². The molecule has 60 heavy (non-hydrogen) atoms. The number of benzene rings is 2. The van der Waals surface area contributed by atoms with Crippen LogP contribution in [-0.4, -0.2) is 0 Å². The van der Waals surface area contributed by atoms with Gasteiger partial charge < -0.3 is 0 Å². The number of rotatable bonds is 39. The Balaban J connectivity index is 2.29. The Bertz CT molecular complexity index is 1400. The van der Waals surface area contributed by atoms with Crippen molar-refractivity contribution in [1.29, 1.82) is 0 Å². The van der Waals surface area contributed by atoms with Crippen LogP contribution < -0.4 is 0 Å². The number of hydrogen-bond donors (Lipinski definition) is 0. The van der Waals surface area contributed by atoms with Crippen LogP contribution in [0.15, 0.2) is 52.3 Å². The van der Waals surface area contributed by atoms with E-state index >= 15 is 0 Å². The molecule has 0 amide bonds. The average Bonchev–Trinajstić information content (AvgIpc) is 3.26. The fraction of sp³-hybridized carbons (Fsp3) is 0.724. The van der Waals surface area contributed by atoms with Crippen molar-refractivity contribution in [2.45, 2.75) is 273 Å². The molecule has 2 aromatic rings. The van der Waals surface area contributed by atoms with E-state index in [4.69, 9.17) is 10.2 Å². The van der Waals surface area contributed by atoms with Crippen molar-refractivity contribution >= 4 is 11.8 Å². The molecule has 0 N–H and O–H groups in total. The normalized spacial score (nSPS) is 12.2. The van der Waals surface area contributed by atoms with E-state index in [1.165, 1.54) is 215 Å². The SMILES string of the molecule is CCCCCCC=CCCc1cc(CCCCCCCCCCCCCCCC)c(CCCC)cc1C=C(CC)N=Nc1cc(CCCC)c(CCCC)c(CCCC)c1. The first kappa shape index (κ1) is 53.7. The molecule has 2 nitrogen and oxygen atoms in total. The lowest BCUT2D eigenvalue weighted by molar-refractivity contribution is 0.535. The van der Waals surface area contributed by atoms with Crippen molar-refractivity contribution in [3.8, 4) is 0 Å². The molecule has 0 radical (unpaired) electrons. The predicted octanol–water partition coefficient (Wildman–Crippen LogP) is 20.1. The van der Waals surface area contributed by atoms with Crippen LogP contribution in [0.3, 0.4) is 0 Å². The summed E-state index contributed by atoms with van der Waals surface area (Å²) in [6, 6.07) is 9.94. The smallest absolute Gasteiger partial charge is 0.0862 e. The summed E-state index contributed by atoms with van der Waals surface area (Å²) in [5.74, 6) is 0. The second kappa shape index (κ2) is 37.1. The van der Waals surface area contributed by atoms with Crippen molar-refractivity contribution in [3.05, 3.63) is 81.1 Å². The fourth-order valence-corrected chi connectivity index (χ4v) is 8.81. The van der Waals surface area contributed by atoms with Gasteiger partial charge in [-0.1, -0.05) is 201 Å². The molecule has 0 aromatic heterocycles. The van der Waals surface area contributed by atoms with Crippen molar-refractivity contribution in [3.63, 3.8) is 0 Å². The summed E-state index contributed by atoms with van der Waals surface area (Å²) >= 11 is 0. The van der Waals surface area contributed by atoms with Gasteiger partial charge in [-0.15, -0.1) is 0 Å². The lowest BCUT2D eigenvalue weighted by Gasteiger charge is -2.16. The van der Waals surface area contributed by atoms with E-state index in [1.54, 1.807) is 16.7 Å². The number of hydrogen-bond acceptors (Lipinski definition) is 2. The van der Waals surface area contributed by atoms with E-state index in [0.29, 0.717) is 0 Å². The zero-order valence-electron chi connectivity index (χ0n) is 41.2. The average molecular weight is 823 g/mol. The first-order valence-corrected chi connectivity index (χ1v) is 26.6. The van der Waals surface area contributed by atoms with E-state index < -0.39 is 0 Å². The Morgan fingerprint density at radius 2 is 0.817 bits per heavy atom. The molecule has 0 saturated heterocycles. The Hall–Kier alpha value is -2.48. The molecule has 2 heteroatoms. The van der Waals surface area contributed by atoms with Crippen LogP contribution in [0.4, 0.5) is 5.69 Å². The lowest BCUT2D eigenvalue weighted by Crippen LogP contribution is -2.02. The topological polar surface area (TPSA) is 24.7 Å². The highest BCUT2D eigenvalue weighted by Gasteiger charge is 2.13. The fourth-order valence-electron chi connectivity index (χ4n) is 8.81. The first-order valence-electron chi connectivity index (χ1n) is 26.6. The molecule has 0 atom stereocenters. The summed E-state index contributed by atoms with van der Waals surface area (Å²) in [5, 5.41) is 10.1. The van der Waals surface area contributed by atoms with Crippen LogP contribution in [0.1, 0.15) is 274 Å². The van der Waals surface area contributed by atoms with Crippen LogP contribution in [0.25, 0.3) is 6.08 Å². The van der Waals surface area contributed by atoms with Crippen molar-refractivity contribution in [2.24, 2.45) is 10.2 Å². The van der Waals surface area contributed by atoms with Gasteiger partial charge in [-0.2, -0.15) is 10.2 Å². The third-order valence-corrected chi connectivity index (χ3v) is 12.8. The largest absolute Gasteiger partial charge is 0.155 e. The number of allylic oxidation sites excluding steroid dienone is 3. The van der Waals surface area contributed by atoms with Gasteiger partial charge in [-0.3, -0.25) is 0 Å². The van der Waals surface area contributed by atoms with Crippen molar-refractivity contribution in [2.75, 3.05) is 0 Å². The summed E-state index contributed by atoms with van der Waals surface area (Å²) in [5.41, 5.74) is 12.8. The zero-order chi connectivity index (χ0) is 43.3. The highest BCUT2D eigenvalue weighted by molar-refractivity contribution is 5.59. The molecule has 0 heterocycles. The zero-order valence-corrected chi connectivity index (χ0v) is 41.2. The van der Waals surface area contributed by atoms with Gasteiger partial charge in [-0.05, 0) is 153 Å². The van der Waals surface area contributed by atoms with E-state index in [2.05, 4.69) is 91.0 Å². The summed E-state index contributed by atoms with van der Waals surface area (Å²) in [6.45, 7) is 16.1. The maximum atomic E-state index is 5.03. The molecule has 2 rings (SSSR count). The number of nitrogens with zero attached hydrogens (tertiary/aromatic N) is 2. The molecule has 2 aromatic carbocycles. The predicted molar refractivity (Wildman–Crippen MR) is 270 cm³/mol. The third-order valence-electron chi connectivity index (χ3n) is 12.8. The molecule has 0 unspecified atom stereocenters.